The van der Waals surface area contributed by atoms with Crippen LogP contribution < -0.4 is 10.1 Å². The van der Waals surface area contributed by atoms with Crippen molar-refractivity contribution >= 4 is 0 Å². The largest absolute Gasteiger partial charge is 0.493 e. The lowest BCUT2D eigenvalue weighted by Crippen LogP contribution is -2.47. The number of hydrogen-bond donors (Lipinski definition) is 1. The molecule has 0 aromatic heterocycles. The summed E-state index contributed by atoms with van der Waals surface area (Å²) in [5.74, 6) is 1.53. The van der Waals surface area contributed by atoms with Crippen LogP contribution in [0.2, 0.25) is 0 Å². The first-order valence-corrected chi connectivity index (χ1v) is 7.67. The summed E-state index contributed by atoms with van der Waals surface area (Å²) in [4.78, 5) is 0. The minimum atomic E-state index is 0.113. The van der Waals surface area contributed by atoms with Gasteiger partial charge in [0.25, 0.3) is 0 Å². The normalized spacial score (nSPS) is 23.1. The maximum Gasteiger partial charge on any atom is 0.124 e. The van der Waals surface area contributed by atoms with Crippen LogP contribution in [0.4, 0.5) is 0 Å². The van der Waals surface area contributed by atoms with Crippen molar-refractivity contribution in [1.29, 1.82) is 0 Å². The van der Waals surface area contributed by atoms with Gasteiger partial charge in [0.05, 0.1) is 6.61 Å². The maximum atomic E-state index is 5.84. The van der Waals surface area contributed by atoms with Crippen LogP contribution in [-0.4, -0.2) is 12.1 Å². The molecule has 2 nitrogen and oxygen atoms in total. The number of para-hydroxylation sites is 1. The van der Waals surface area contributed by atoms with E-state index in [1.165, 1.54) is 5.56 Å². The molecule has 2 rings (SSSR count). The second-order valence-corrected chi connectivity index (χ2v) is 8.07. The van der Waals surface area contributed by atoms with Crippen molar-refractivity contribution < 1.29 is 4.74 Å². The van der Waals surface area contributed by atoms with E-state index in [-0.39, 0.29) is 5.54 Å². The second-order valence-electron chi connectivity index (χ2n) is 8.07. The molecule has 2 heteroatoms. The lowest BCUT2D eigenvalue weighted by atomic mass is 9.80. The van der Waals surface area contributed by atoms with Crippen LogP contribution in [-0.2, 0) is 0 Å². The summed E-state index contributed by atoms with van der Waals surface area (Å²) in [6, 6.07) is 8.79. The van der Waals surface area contributed by atoms with Gasteiger partial charge in [0.2, 0.25) is 0 Å². The number of benzene rings is 1. The maximum absolute atomic E-state index is 5.84. The van der Waals surface area contributed by atoms with Crippen LogP contribution >= 0.6 is 0 Å². The number of hydrogen-bond acceptors (Lipinski definition) is 2. The highest BCUT2D eigenvalue weighted by Crippen LogP contribution is 2.38. The molecule has 0 amide bonds. The molecule has 0 fully saturated rings. The molecule has 112 valence electrons. The van der Waals surface area contributed by atoms with Crippen LogP contribution in [0.25, 0.3) is 0 Å². The van der Waals surface area contributed by atoms with Crippen LogP contribution in [0.15, 0.2) is 24.3 Å². The highest BCUT2D eigenvalue weighted by atomic mass is 16.5. The van der Waals surface area contributed by atoms with Gasteiger partial charge in [-0.3, -0.25) is 0 Å². The third-order valence-electron chi connectivity index (χ3n) is 3.84. The Hall–Kier alpha value is -1.02. The zero-order valence-electron chi connectivity index (χ0n) is 13.8. The van der Waals surface area contributed by atoms with E-state index < -0.39 is 0 Å². The summed E-state index contributed by atoms with van der Waals surface area (Å²) in [7, 11) is 0. The minimum Gasteiger partial charge on any atom is -0.493 e. The molecular weight excluding hydrogens is 246 g/mol. The summed E-state index contributed by atoms with van der Waals surface area (Å²) >= 11 is 0. The van der Waals surface area contributed by atoms with Crippen molar-refractivity contribution in [2.24, 2.45) is 11.3 Å². The van der Waals surface area contributed by atoms with E-state index in [0.717, 1.165) is 18.8 Å². The molecule has 0 spiro atoms. The number of rotatable bonds is 3. The highest BCUT2D eigenvalue weighted by Gasteiger charge is 2.34. The van der Waals surface area contributed by atoms with E-state index in [2.05, 4.69) is 65.1 Å². The smallest absolute Gasteiger partial charge is 0.124 e. The number of ether oxygens (including phenoxy) is 1. The molecule has 1 aromatic carbocycles. The molecule has 0 saturated carbocycles. The average Bonchev–Trinajstić information content (AvgIpc) is 2.30. The predicted octanol–water partition coefficient (Wildman–Crippen LogP) is 4.56. The van der Waals surface area contributed by atoms with E-state index in [9.17, 15) is 0 Å². The van der Waals surface area contributed by atoms with Crippen LogP contribution in [0, 0.1) is 11.3 Å². The molecule has 20 heavy (non-hydrogen) atoms. The Kier molecular flexibility index (Phi) is 4.15. The zero-order valence-corrected chi connectivity index (χ0v) is 13.8. The molecule has 2 unspecified atom stereocenters. The molecular formula is C18H29NO. The van der Waals surface area contributed by atoms with E-state index >= 15 is 0 Å². The van der Waals surface area contributed by atoms with Crippen molar-refractivity contribution in [2.45, 2.75) is 59.5 Å². The van der Waals surface area contributed by atoms with Gasteiger partial charge < -0.3 is 10.1 Å². The molecule has 1 heterocycles. The van der Waals surface area contributed by atoms with Crippen molar-refractivity contribution in [3.05, 3.63) is 29.8 Å². The average molecular weight is 275 g/mol. The molecule has 0 aliphatic carbocycles. The van der Waals surface area contributed by atoms with Gasteiger partial charge >= 0.3 is 0 Å². The van der Waals surface area contributed by atoms with Crippen LogP contribution in [0.1, 0.15) is 59.6 Å². The van der Waals surface area contributed by atoms with Crippen molar-refractivity contribution in [2.75, 3.05) is 6.61 Å². The third kappa shape index (κ3) is 3.76. The zero-order chi connectivity index (χ0) is 15.0. The highest BCUT2D eigenvalue weighted by molar-refractivity contribution is 5.38. The Balaban J connectivity index is 2.20. The van der Waals surface area contributed by atoms with Crippen LogP contribution in [0.5, 0.6) is 5.75 Å². The number of fused-ring (bicyclic) bond motifs is 1. The lowest BCUT2D eigenvalue weighted by Gasteiger charge is -2.41. The van der Waals surface area contributed by atoms with Gasteiger partial charge in [-0.2, -0.15) is 0 Å². The van der Waals surface area contributed by atoms with E-state index in [1.54, 1.807) is 0 Å². The van der Waals surface area contributed by atoms with Gasteiger partial charge in [0.15, 0.2) is 0 Å². The Morgan fingerprint density at radius 3 is 2.45 bits per heavy atom. The molecule has 1 aliphatic rings. The molecule has 1 aromatic rings. The summed E-state index contributed by atoms with van der Waals surface area (Å²) < 4.78 is 5.84. The Morgan fingerprint density at radius 1 is 1.15 bits per heavy atom. The fourth-order valence-electron chi connectivity index (χ4n) is 3.51. The second kappa shape index (κ2) is 5.40. The monoisotopic (exact) mass is 275 g/mol. The van der Waals surface area contributed by atoms with Crippen molar-refractivity contribution in [3.63, 3.8) is 0 Å². The molecule has 0 saturated heterocycles. The van der Waals surface area contributed by atoms with E-state index in [1.807, 2.05) is 6.07 Å². The van der Waals surface area contributed by atoms with Gasteiger partial charge in [0.1, 0.15) is 5.75 Å². The summed E-state index contributed by atoms with van der Waals surface area (Å²) in [5, 5.41) is 3.88. The quantitative estimate of drug-likeness (QED) is 0.873. The Labute approximate surface area is 123 Å². The molecule has 1 N–H and O–H groups in total. The van der Waals surface area contributed by atoms with Crippen LogP contribution in [0.3, 0.4) is 0 Å². The van der Waals surface area contributed by atoms with Gasteiger partial charge in [0, 0.05) is 23.1 Å². The molecule has 1 aliphatic heterocycles. The van der Waals surface area contributed by atoms with E-state index in [4.69, 9.17) is 4.74 Å². The topological polar surface area (TPSA) is 21.3 Å². The standard InChI is InChI=1S/C18H29NO/c1-13-11-20-15-10-8-7-9-14(15)16(13)19-18(5,6)12-17(2,3)4/h7-10,13,16,19H,11-12H2,1-6H3. The molecule has 2 atom stereocenters. The van der Waals surface area contributed by atoms with E-state index in [0.29, 0.717) is 17.4 Å². The fourth-order valence-corrected chi connectivity index (χ4v) is 3.51. The van der Waals surface area contributed by atoms with Crippen molar-refractivity contribution in [3.8, 4) is 5.75 Å². The Morgan fingerprint density at radius 2 is 1.80 bits per heavy atom. The first-order chi connectivity index (χ1) is 9.18. The van der Waals surface area contributed by atoms with Crippen molar-refractivity contribution in [1.82, 2.24) is 5.32 Å². The lowest BCUT2D eigenvalue weighted by molar-refractivity contribution is 0.146. The summed E-state index contributed by atoms with van der Waals surface area (Å²) in [6.07, 6.45) is 1.15. The minimum absolute atomic E-state index is 0.113. The van der Waals surface area contributed by atoms with Gasteiger partial charge in [-0.25, -0.2) is 0 Å². The summed E-state index contributed by atoms with van der Waals surface area (Å²) in [6.45, 7) is 14.6. The Bertz CT molecular complexity index is 459. The molecule has 0 bridgehead atoms. The fraction of sp³-hybridized carbons (Fsp3) is 0.667. The summed E-state index contributed by atoms with van der Waals surface area (Å²) in [5.41, 5.74) is 1.74. The first-order valence-electron chi connectivity index (χ1n) is 7.67. The predicted molar refractivity (Wildman–Crippen MR) is 85.1 cm³/mol. The SMILES string of the molecule is CC1COc2ccccc2C1NC(C)(C)CC(C)(C)C. The number of nitrogens with one attached hydrogen (secondary N) is 1. The van der Waals surface area contributed by atoms with Gasteiger partial charge in [-0.15, -0.1) is 0 Å². The third-order valence-corrected chi connectivity index (χ3v) is 3.84. The van der Waals surface area contributed by atoms with Gasteiger partial charge in [-0.05, 0) is 31.7 Å². The van der Waals surface area contributed by atoms with Gasteiger partial charge in [-0.1, -0.05) is 45.9 Å². The molecule has 0 radical (unpaired) electrons. The first kappa shape index (κ1) is 15.4.